The average molecular weight is 431 g/mol. The van der Waals surface area contributed by atoms with Crippen LogP contribution in [0.4, 0.5) is 0 Å². The molecule has 1 aliphatic heterocycles. The minimum Gasteiger partial charge on any atom is -0.496 e. The number of hydrogen-bond donors (Lipinski definition) is 0. The van der Waals surface area contributed by atoms with E-state index in [0.717, 1.165) is 60.2 Å². The van der Waals surface area contributed by atoms with Crippen LogP contribution in [-0.2, 0) is 11.3 Å². The van der Waals surface area contributed by atoms with Crippen molar-refractivity contribution in [3.63, 3.8) is 0 Å². The maximum absolute atomic E-state index is 12.2. The topological polar surface area (TPSA) is 51.7 Å². The largest absolute Gasteiger partial charge is 0.496 e. The lowest BCUT2D eigenvalue weighted by Crippen LogP contribution is -2.38. The monoisotopic (exact) mass is 430 g/mol. The predicted octanol–water partition coefficient (Wildman–Crippen LogP) is 5.45. The molecule has 0 amide bonds. The summed E-state index contributed by atoms with van der Waals surface area (Å²) in [5.74, 6) is 1.60. The Morgan fingerprint density at radius 1 is 0.969 bits per heavy atom. The van der Waals surface area contributed by atoms with Crippen molar-refractivity contribution in [1.29, 1.82) is 0 Å². The summed E-state index contributed by atoms with van der Waals surface area (Å²) >= 11 is 0. The van der Waals surface area contributed by atoms with Gasteiger partial charge in [-0.3, -0.25) is 9.88 Å². The highest BCUT2D eigenvalue weighted by molar-refractivity contribution is 5.63. The number of methoxy groups -OCH3 is 2. The molecular formula is C27H30N2O3. The molecule has 166 valence electrons. The summed E-state index contributed by atoms with van der Waals surface area (Å²) < 4.78 is 11.4. The van der Waals surface area contributed by atoms with Crippen LogP contribution in [0, 0.1) is 0 Å². The van der Waals surface area contributed by atoms with E-state index in [4.69, 9.17) is 9.47 Å². The van der Waals surface area contributed by atoms with E-state index >= 15 is 0 Å². The third-order valence-electron chi connectivity index (χ3n) is 6.30. The second kappa shape index (κ2) is 10.4. The van der Waals surface area contributed by atoms with E-state index in [2.05, 4.69) is 40.2 Å². The molecule has 0 bridgehead atoms. The summed E-state index contributed by atoms with van der Waals surface area (Å²) in [5.41, 5.74) is 4.40. The van der Waals surface area contributed by atoms with Gasteiger partial charge in [0.15, 0.2) is 0 Å². The lowest BCUT2D eigenvalue weighted by Gasteiger charge is -2.35. The zero-order chi connectivity index (χ0) is 22.3. The minimum atomic E-state index is -0.154. The molecule has 1 saturated heterocycles. The molecule has 2 unspecified atom stereocenters. The highest BCUT2D eigenvalue weighted by atomic mass is 16.5. The highest BCUT2D eigenvalue weighted by Gasteiger charge is 2.33. The van der Waals surface area contributed by atoms with Gasteiger partial charge >= 0.3 is 0 Å². The molecule has 1 aromatic heterocycles. The Balaban J connectivity index is 1.73. The Labute approximate surface area is 190 Å². The quantitative estimate of drug-likeness (QED) is 0.467. The van der Waals surface area contributed by atoms with E-state index < -0.39 is 0 Å². The number of benzene rings is 2. The first-order valence-electron chi connectivity index (χ1n) is 11.2. The minimum absolute atomic E-state index is 0.0286. The summed E-state index contributed by atoms with van der Waals surface area (Å²) in [6.45, 7) is 0.670. The van der Waals surface area contributed by atoms with Crippen LogP contribution < -0.4 is 9.47 Å². The molecule has 2 aromatic carbocycles. The van der Waals surface area contributed by atoms with E-state index in [-0.39, 0.29) is 12.1 Å². The molecule has 3 aromatic rings. The third-order valence-corrected chi connectivity index (χ3v) is 6.30. The molecule has 5 heteroatoms. The van der Waals surface area contributed by atoms with Crippen molar-refractivity contribution in [2.45, 2.75) is 44.3 Å². The molecule has 2 heterocycles. The zero-order valence-electron chi connectivity index (χ0n) is 18.7. The molecule has 32 heavy (non-hydrogen) atoms. The first-order chi connectivity index (χ1) is 15.7. The molecule has 1 aliphatic rings. The molecule has 1 fully saturated rings. The maximum Gasteiger partial charge on any atom is 0.137 e. The summed E-state index contributed by atoms with van der Waals surface area (Å²) in [5, 5.41) is 0. The van der Waals surface area contributed by atoms with Crippen LogP contribution in [0.1, 0.15) is 42.9 Å². The second-order valence-corrected chi connectivity index (χ2v) is 8.19. The summed E-state index contributed by atoms with van der Waals surface area (Å²) in [7, 11) is 3.38. The lowest BCUT2D eigenvalue weighted by molar-refractivity contribution is -0.113. The van der Waals surface area contributed by atoms with Gasteiger partial charge < -0.3 is 14.3 Å². The Kier molecular flexibility index (Phi) is 7.17. The van der Waals surface area contributed by atoms with Gasteiger partial charge in [0.05, 0.1) is 25.8 Å². The van der Waals surface area contributed by atoms with E-state index in [9.17, 15) is 4.79 Å². The fourth-order valence-corrected chi connectivity index (χ4v) is 4.74. The number of aromatic nitrogens is 1. The highest BCUT2D eigenvalue weighted by Crippen LogP contribution is 2.43. The smallest absolute Gasteiger partial charge is 0.137 e. The SMILES string of the molecule is COc1cccc(OC)c1C1CCCCC(C=O)N1Cc1cccc(-c2cccnc2)c1. The molecule has 0 spiro atoms. The number of hydrogen-bond acceptors (Lipinski definition) is 5. The Bertz CT molecular complexity index is 1020. The number of rotatable bonds is 7. The summed E-state index contributed by atoms with van der Waals surface area (Å²) in [4.78, 5) is 18.7. The van der Waals surface area contributed by atoms with Crippen molar-refractivity contribution >= 4 is 6.29 Å². The summed E-state index contributed by atoms with van der Waals surface area (Å²) in [6.07, 6.45) is 8.66. The van der Waals surface area contributed by atoms with Crippen molar-refractivity contribution in [1.82, 2.24) is 9.88 Å². The van der Waals surface area contributed by atoms with Crippen LogP contribution in [0.3, 0.4) is 0 Å². The summed E-state index contributed by atoms with van der Waals surface area (Å²) in [6, 6.07) is 18.3. The van der Waals surface area contributed by atoms with Crippen molar-refractivity contribution < 1.29 is 14.3 Å². The van der Waals surface area contributed by atoms with Crippen LogP contribution in [0.5, 0.6) is 11.5 Å². The van der Waals surface area contributed by atoms with Crippen LogP contribution in [0.15, 0.2) is 67.0 Å². The normalized spacial score (nSPS) is 19.2. The molecule has 0 saturated carbocycles. The molecule has 0 aliphatic carbocycles. The fraction of sp³-hybridized carbons (Fsp3) is 0.333. The number of carbonyl (C=O) groups is 1. The first kappa shape index (κ1) is 22.0. The Morgan fingerprint density at radius 2 is 1.69 bits per heavy atom. The van der Waals surface area contributed by atoms with Gasteiger partial charge in [-0.25, -0.2) is 0 Å². The fourth-order valence-electron chi connectivity index (χ4n) is 4.74. The molecular weight excluding hydrogens is 400 g/mol. The standard InChI is InChI=1S/C27H30N2O3/c1-31-25-13-6-14-26(32-2)27(25)24-12-4-3-11-23(19-30)29(24)18-20-8-5-9-21(16-20)22-10-7-15-28-17-22/h5-10,13-17,19,23-24H,3-4,11-12,18H2,1-2H3. The van der Waals surface area contributed by atoms with Crippen LogP contribution in [0.2, 0.25) is 0 Å². The number of pyridine rings is 1. The molecule has 4 rings (SSSR count). The number of nitrogens with zero attached hydrogens (tertiary/aromatic N) is 2. The van der Waals surface area contributed by atoms with E-state index in [1.807, 2.05) is 30.5 Å². The van der Waals surface area contributed by atoms with Crippen LogP contribution in [-0.4, -0.2) is 36.4 Å². The predicted molar refractivity (Wildman–Crippen MR) is 126 cm³/mol. The van der Waals surface area contributed by atoms with Gasteiger partial charge in [-0.15, -0.1) is 0 Å². The van der Waals surface area contributed by atoms with Crippen molar-refractivity contribution in [3.8, 4) is 22.6 Å². The van der Waals surface area contributed by atoms with Crippen molar-refractivity contribution in [2.75, 3.05) is 14.2 Å². The van der Waals surface area contributed by atoms with Crippen LogP contribution >= 0.6 is 0 Å². The van der Waals surface area contributed by atoms with Gasteiger partial charge in [-0.1, -0.05) is 43.2 Å². The molecule has 2 atom stereocenters. The van der Waals surface area contributed by atoms with Crippen molar-refractivity contribution in [2.24, 2.45) is 0 Å². The van der Waals surface area contributed by atoms with Gasteiger partial charge in [0.2, 0.25) is 0 Å². The van der Waals surface area contributed by atoms with Gasteiger partial charge in [-0.2, -0.15) is 0 Å². The van der Waals surface area contributed by atoms with E-state index in [0.29, 0.717) is 6.54 Å². The first-order valence-corrected chi connectivity index (χ1v) is 11.2. The zero-order valence-corrected chi connectivity index (χ0v) is 18.7. The Hall–Kier alpha value is -3.18. The van der Waals surface area contributed by atoms with Gasteiger partial charge in [0.1, 0.15) is 17.8 Å². The van der Waals surface area contributed by atoms with Crippen molar-refractivity contribution in [3.05, 3.63) is 78.1 Å². The molecule has 5 nitrogen and oxygen atoms in total. The van der Waals surface area contributed by atoms with Gasteiger partial charge in [0.25, 0.3) is 0 Å². The number of carbonyl (C=O) groups excluding carboxylic acids is 1. The molecule has 0 radical (unpaired) electrons. The lowest BCUT2D eigenvalue weighted by atomic mass is 9.97. The average Bonchev–Trinajstić information content (AvgIpc) is 3.06. The third kappa shape index (κ3) is 4.68. The maximum atomic E-state index is 12.2. The van der Waals surface area contributed by atoms with Gasteiger partial charge in [-0.05, 0) is 53.8 Å². The number of likely N-dealkylation sites (tertiary alicyclic amines) is 1. The number of ether oxygens (including phenoxy) is 2. The Morgan fingerprint density at radius 3 is 2.38 bits per heavy atom. The van der Waals surface area contributed by atoms with Crippen LogP contribution in [0.25, 0.3) is 11.1 Å². The van der Waals surface area contributed by atoms with E-state index in [1.165, 1.54) is 5.56 Å². The molecule has 0 N–H and O–H groups in total. The second-order valence-electron chi connectivity index (χ2n) is 8.19. The number of aldehydes is 1. The van der Waals surface area contributed by atoms with E-state index in [1.54, 1.807) is 20.4 Å². The van der Waals surface area contributed by atoms with Gasteiger partial charge in [0, 0.05) is 25.0 Å².